The maximum Gasteiger partial charge on any atom is 0.407 e. The molecule has 2 fully saturated rings. The second-order valence-electron chi connectivity index (χ2n) is 8.62. The molecule has 0 unspecified atom stereocenters. The fourth-order valence-corrected chi connectivity index (χ4v) is 4.42. The number of carboxylic acid groups (broad SMARTS) is 1. The van der Waals surface area contributed by atoms with E-state index in [-0.39, 0.29) is 32.0 Å². The monoisotopic (exact) mass is 483 g/mol. The maximum atomic E-state index is 13.5. The van der Waals surface area contributed by atoms with Crippen molar-refractivity contribution in [1.29, 1.82) is 0 Å². The summed E-state index contributed by atoms with van der Waals surface area (Å²) >= 11 is 0. The van der Waals surface area contributed by atoms with Gasteiger partial charge >= 0.3 is 12.1 Å². The van der Waals surface area contributed by atoms with E-state index in [0.29, 0.717) is 38.6 Å². The van der Waals surface area contributed by atoms with Crippen LogP contribution in [-0.4, -0.2) is 77.7 Å². The average molecular weight is 484 g/mol. The highest BCUT2D eigenvalue weighted by molar-refractivity contribution is 5.93. The van der Waals surface area contributed by atoms with Gasteiger partial charge in [0.2, 0.25) is 11.8 Å². The molecule has 0 bridgehead atoms. The lowest BCUT2D eigenvalue weighted by atomic mass is 9.97. The second kappa shape index (κ2) is 13.6. The van der Waals surface area contributed by atoms with Crippen molar-refractivity contribution < 1.29 is 30.4 Å². The molecule has 1 heterocycles. The average Bonchev–Trinajstić information content (AvgIpc) is 3.44. The smallest absolute Gasteiger partial charge is 0.407 e. The highest BCUT2D eigenvalue weighted by atomic mass is 16.5. The Morgan fingerprint density at radius 2 is 1.85 bits per heavy atom. The predicted molar refractivity (Wildman–Crippen MR) is 125 cm³/mol. The number of aliphatic carboxylic acids is 1. The van der Waals surface area contributed by atoms with Gasteiger partial charge in [0.05, 0.1) is 6.61 Å². The number of rotatable bonds is 12. The zero-order chi connectivity index (χ0) is 26.0. The summed E-state index contributed by atoms with van der Waals surface area (Å²) < 4.78 is 13.6. The summed E-state index contributed by atoms with van der Waals surface area (Å²) in [7, 11) is 0. The minimum atomic E-state index is -1.20. The van der Waals surface area contributed by atoms with E-state index in [1.807, 2.05) is 0 Å². The van der Waals surface area contributed by atoms with E-state index in [1.54, 1.807) is 6.92 Å². The lowest BCUT2D eigenvalue weighted by molar-refractivity contribution is -0.144. The molecule has 1 aliphatic carbocycles. The molecule has 1 saturated carbocycles. The molecule has 192 valence electrons. The number of hydrogen-bond donors (Lipinski definition) is 5. The van der Waals surface area contributed by atoms with E-state index in [0.717, 1.165) is 12.8 Å². The van der Waals surface area contributed by atoms with E-state index in [4.69, 9.17) is 17.6 Å². The summed E-state index contributed by atoms with van der Waals surface area (Å²) in [5, 5.41) is 14.6. The summed E-state index contributed by atoms with van der Waals surface area (Å²) in [6.45, 7) is 2.31. The molecule has 3 amide bonds. The van der Waals surface area contributed by atoms with Crippen LogP contribution in [0.2, 0.25) is 0 Å². The molecule has 3 atom stereocenters. The summed E-state index contributed by atoms with van der Waals surface area (Å²) in [4.78, 5) is 55.4. The zero-order valence-electron chi connectivity index (χ0n) is 20.8. The van der Waals surface area contributed by atoms with Crippen molar-refractivity contribution >= 4 is 29.8 Å². The molecule has 0 aromatic carbocycles. The van der Waals surface area contributed by atoms with Crippen LogP contribution in [0, 0.1) is 5.89 Å². The van der Waals surface area contributed by atoms with Crippen LogP contribution in [0.1, 0.15) is 66.1 Å². The quantitative estimate of drug-likeness (QED) is 0.149. The fraction of sp³-hybridized carbons (Fsp3) is 0.773. The van der Waals surface area contributed by atoms with Crippen LogP contribution >= 0.6 is 0 Å². The molecule has 34 heavy (non-hydrogen) atoms. The third-order valence-corrected chi connectivity index (χ3v) is 6.07. The van der Waals surface area contributed by atoms with Crippen LogP contribution in [0.25, 0.3) is 0 Å². The molecule has 1 aliphatic heterocycles. The van der Waals surface area contributed by atoms with Crippen LogP contribution < -0.4 is 22.1 Å². The Morgan fingerprint density at radius 1 is 1.15 bits per heavy atom. The fourth-order valence-electron chi connectivity index (χ4n) is 4.42. The van der Waals surface area contributed by atoms with Crippen molar-refractivity contribution in [2.45, 2.75) is 82.8 Å². The van der Waals surface area contributed by atoms with Crippen molar-refractivity contribution in [2.75, 3.05) is 19.7 Å². The molecular formula is C22H38N6O6. The molecule has 0 aromatic heterocycles. The Bertz CT molecular complexity index is 799. The second-order valence-corrected chi connectivity index (χ2v) is 8.62. The number of guanidine groups is 1. The Labute approximate surface area is 201 Å². The molecule has 2 aliphatic rings. The first-order valence-corrected chi connectivity index (χ1v) is 11.9. The number of nitrogens with two attached hydrogens (primary N) is 2. The lowest BCUT2D eigenvalue weighted by Gasteiger charge is -2.30. The third-order valence-electron chi connectivity index (χ3n) is 6.07. The number of carbonyl (C=O) groups is 4. The van der Waals surface area contributed by atoms with E-state index in [1.165, 1.54) is 4.90 Å². The first kappa shape index (κ1) is 25.6. The van der Waals surface area contributed by atoms with E-state index in [2.05, 4.69) is 15.6 Å². The van der Waals surface area contributed by atoms with Gasteiger partial charge in [0.25, 0.3) is 0 Å². The number of carbonyl (C=O) groups excluding carboxylic acids is 3. The molecule has 12 heteroatoms. The van der Waals surface area contributed by atoms with Crippen molar-refractivity contribution in [3.8, 4) is 0 Å². The van der Waals surface area contributed by atoms with Crippen molar-refractivity contribution in [2.24, 2.45) is 22.4 Å². The maximum absolute atomic E-state index is 13.5. The summed E-state index contributed by atoms with van der Waals surface area (Å²) in [5.41, 5.74) is 10.5. The number of carboxylic acids is 1. The number of aliphatic imine (C=N–C) groups is 1. The Morgan fingerprint density at radius 3 is 2.47 bits per heavy atom. The van der Waals surface area contributed by atoms with Crippen LogP contribution in [0.15, 0.2) is 4.99 Å². The van der Waals surface area contributed by atoms with Crippen LogP contribution in [0.5, 0.6) is 0 Å². The predicted octanol–water partition coefficient (Wildman–Crippen LogP) is 0.295. The minimum absolute atomic E-state index is 0.0981. The summed E-state index contributed by atoms with van der Waals surface area (Å²) in [6.07, 6.45) is 3.80. The number of hydrogen-bond acceptors (Lipinski definition) is 6. The van der Waals surface area contributed by atoms with Gasteiger partial charge in [-0.05, 0) is 44.9 Å². The first-order chi connectivity index (χ1) is 16.6. The van der Waals surface area contributed by atoms with Crippen LogP contribution in [-0.2, 0) is 19.1 Å². The van der Waals surface area contributed by atoms with Gasteiger partial charge in [-0.15, -0.1) is 0 Å². The number of alkyl carbamates (subject to hydrolysis) is 1. The Hall–Kier alpha value is -3.05. The van der Waals surface area contributed by atoms with Gasteiger partial charge in [-0.3, -0.25) is 14.6 Å². The van der Waals surface area contributed by atoms with Crippen LogP contribution in [0.3, 0.4) is 0 Å². The van der Waals surface area contributed by atoms with Crippen molar-refractivity contribution in [3.63, 3.8) is 0 Å². The van der Waals surface area contributed by atoms with Gasteiger partial charge in [0, 0.05) is 14.5 Å². The van der Waals surface area contributed by atoms with Crippen molar-refractivity contribution in [1.82, 2.24) is 15.5 Å². The highest BCUT2D eigenvalue weighted by Gasteiger charge is 2.39. The van der Waals surface area contributed by atoms with E-state index in [9.17, 15) is 24.3 Å². The Kier molecular flexibility index (Phi) is 10.2. The number of amides is 3. The van der Waals surface area contributed by atoms with Gasteiger partial charge in [0.15, 0.2) is 5.96 Å². The van der Waals surface area contributed by atoms with Gasteiger partial charge < -0.3 is 36.8 Å². The molecule has 0 spiro atoms. The van der Waals surface area contributed by atoms with Gasteiger partial charge in [-0.1, -0.05) is 25.7 Å². The molecule has 0 aromatic rings. The van der Waals surface area contributed by atoms with E-state index < -0.39 is 47.9 Å². The molecule has 1 saturated heterocycles. The normalized spacial score (nSPS) is 21.1. The number of nitrogens with one attached hydrogen (secondary N) is 2. The summed E-state index contributed by atoms with van der Waals surface area (Å²) in [6, 6.07) is -3.02. The number of nitrogens with zero attached hydrogens (tertiary/aromatic N) is 2. The molecule has 12 nitrogen and oxygen atoms in total. The molecule has 7 N–H and O–H groups in total. The lowest BCUT2D eigenvalue weighted by Crippen LogP contribution is -2.55. The van der Waals surface area contributed by atoms with Crippen LogP contribution in [0.4, 0.5) is 4.79 Å². The molecular weight excluding hydrogens is 444 g/mol. The number of ether oxygens (including phenoxy) is 1. The van der Waals surface area contributed by atoms with E-state index >= 15 is 0 Å². The first-order valence-electron chi connectivity index (χ1n) is 12.4. The summed E-state index contributed by atoms with van der Waals surface area (Å²) in [5.74, 6) is -3.16. The highest BCUT2D eigenvalue weighted by Crippen LogP contribution is 2.30. The van der Waals surface area contributed by atoms with Gasteiger partial charge in [0.1, 0.15) is 18.1 Å². The third kappa shape index (κ3) is 8.38. The Balaban J connectivity index is 2.08. The standard InChI is InChI=1S/C22H38N6O6/c1-2-34-22(33)27-16(13-14-7-3-4-8-14)19(30)28-12-6-10-17(28)18(29)26-15(20(31)32)9-5-11-25-21(23)24/h14-17H,2-13H2,1H3,(H,26,29)(H,27,33)(H,31,32)(H4,23,24,25)/t15-,16-,17-/m0/s1/i14D. The van der Waals surface area contributed by atoms with Crippen molar-refractivity contribution in [3.05, 3.63) is 0 Å². The SMILES string of the molecule is [2H]C1(C[C@H](NC(=O)OCC)C(=O)N2CCC[C@H]2C(=O)N[C@@H](CCCN=C(N)N)C(=O)O)CCCC1. The number of likely N-dealkylation sites (tertiary alicyclic amines) is 1. The van der Waals surface area contributed by atoms with Gasteiger partial charge in [-0.2, -0.15) is 0 Å². The zero-order valence-corrected chi connectivity index (χ0v) is 19.8. The minimum Gasteiger partial charge on any atom is -0.480 e. The molecule has 2 rings (SSSR count). The van der Waals surface area contributed by atoms with Gasteiger partial charge in [-0.25, -0.2) is 9.59 Å². The molecule has 0 radical (unpaired) electrons. The topological polar surface area (TPSA) is 189 Å². The largest absolute Gasteiger partial charge is 0.480 e.